The Labute approximate surface area is 379 Å². The second kappa shape index (κ2) is 36.2. The molecule has 0 aromatic heterocycles. The molecular weight excluding hydrogens is 859 g/mol. The zero-order valence-electron chi connectivity index (χ0n) is 39.8. The van der Waals surface area contributed by atoms with Crippen LogP contribution in [0.5, 0.6) is 0 Å². The Kier molecular flexibility index (Phi) is 35.2. The zero-order valence-corrected chi connectivity index (χ0v) is 39.8. The van der Waals surface area contributed by atoms with Crippen LogP contribution in [0.1, 0.15) is 226 Å². The smallest absolute Gasteiger partial charge is 0.456 e. The van der Waals surface area contributed by atoms with Crippen molar-refractivity contribution in [3.63, 3.8) is 0 Å². The first kappa shape index (κ1) is 62.2. The summed E-state index contributed by atoms with van der Waals surface area (Å²) in [4.78, 5) is 26.8. The Bertz CT molecular complexity index is 1060. The van der Waals surface area contributed by atoms with Crippen LogP contribution >= 0.6 is 0 Å². The van der Waals surface area contributed by atoms with Crippen LogP contribution in [-0.2, 0) is 19.1 Å². The van der Waals surface area contributed by atoms with E-state index in [1.165, 1.54) is 0 Å². The summed E-state index contributed by atoms with van der Waals surface area (Å²) in [5, 5.41) is 3.67. The van der Waals surface area contributed by atoms with E-state index in [1.807, 2.05) is 14.1 Å². The standard InChI is InChI=1S/C48H86F10N2O4/c1-5-7-9-11-13-21-27-34-41(45(49,50)47(53,54)55)63-43(61)36-29-23-17-15-19-25-32-40(59-38-31-39-60(3)4)33-26-20-16-18-24-30-37-44(62)64-42(46(51,52)48(56,57)58)35-28-22-14-12-10-8-6-2/h40-42,59H,5-39H2,1-4H3. The molecule has 0 fully saturated rings. The van der Waals surface area contributed by atoms with Gasteiger partial charge in [-0.15, -0.1) is 0 Å². The molecule has 0 aromatic carbocycles. The van der Waals surface area contributed by atoms with Crippen LogP contribution in [0.4, 0.5) is 43.9 Å². The van der Waals surface area contributed by atoms with E-state index in [0.717, 1.165) is 148 Å². The molecular formula is C48H86F10N2O4. The lowest BCUT2D eigenvalue weighted by molar-refractivity contribution is -0.315. The van der Waals surface area contributed by atoms with Crippen LogP contribution in [0.2, 0.25) is 0 Å². The molecule has 0 aliphatic heterocycles. The van der Waals surface area contributed by atoms with Crippen LogP contribution in [0, 0.1) is 0 Å². The molecule has 0 heterocycles. The number of halogens is 10. The largest absolute Gasteiger partial charge is 0.457 e. The fourth-order valence-corrected chi connectivity index (χ4v) is 7.79. The van der Waals surface area contributed by atoms with Crippen LogP contribution < -0.4 is 5.32 Å². The summed E-state index contributed by atoms with van der Waals surface area (Å²) in [6.07, 6.45) is 4.67. The normalized spacial score (nSPS) is 14.2. The number of hydrogen-bond acceptors (Lipinski definition) is 6. The van der Waals surface area contributed by atoms with Crippen molar-refractivity contribution < 1.29 is 63.0 Å². The lowest BCUT2D eigenvalue weighted by atomic mass is 9.99. The first-order chi connectivity index (χ1) is 30.2. The van der Waals surface area contributed by atoms with Gasteiger partial charge in [-0.25, -0.2) is 0 Å². The Balaban J connectivity index is 4.60. The average Bonchev–Trinajstić information content (AvgIpc) is 3.21. The van der Waals surface area contributed by atoms with Gasteiger partial charge in [0.25, 0.3) is 0 Å². The molecule has 0 aliphatic rings. The Morgan fingerprint density at radius 3 is 1.05 bits per heavy atom. The van der Waals surface area contributed by atoms with Gasteiger partial charge in [0.15, 0.2) is 12.2 Å². The predicted molar refractivity (Wildman–Crippen MR) is 236 cm³/mol. The summed E-state index contributed by atoms with van der Waals surface area (Å²) in [6.45, 7) is 5.94. The second-order valence-electron chi connectivity index (χ2n) is 18.1. The maximum Gasteiger partial charge on any atom is 0.457 e. The quantitative estimate of drug-likeness (QED) is 0.0373. The number of carbonyl (C=O) groups is 2. The van der Waals surface area contributed by atoms with Crippen molar-refractivity contribution in [2.75, 3.05) is 27.2 Å². The maximum absolute atomic E-state index is 14.2. The molecule has 0 aromatic rings. The van der Waals surface area contributed by atoms with E-state index < -0.39 is 61.2 Å². The SMILES string of the molecule is CCCCCCCCCC(OC(=O)CCCCCCCCC(CCCCCCCCC(=O)OC(CCCCCCCCC)C(F)(F)C(F)(F)F)NCCCN(C)C)C(F)(F)C(F)(F)F. The summed E-state index contributed by atoms with van der Waals surface area (Å²) in [6, 6.07) is 0.319. The number of alkyl halides is 10. The molecule has 0 aliphatic carbocycles. The van der Waals surface area contributed by atoms with E-state index in [1.54, 1.807) is 0 Å². The highest BCUT2D eigenvalue weighted by molar-refractivity contribution is 5.70. The van der Waals surface area contributed by atoms with Crippen molar-refractivity contribution in [2.45, 2.75) is 268 Å². The minimum Gasteiger partial charge on any atom is -0.456 e. The summed E-state index contributed by atoms with van der Waals surface area (Å²) < 4.78 is 145. The number of unbranched alkanes of at least 4 members (excludes halogenated alkanes) is 22. The van der Waals surface area contributed by atoms with Crippen molar-refractivity contribution in [1.82, 2.24) is 10.2 Å². The Morgan fingerprint density at radius 2 is 0.734 bits per heavy atom. The van der Waals surface area contributed by atoms with Gasteiger partial charge in [-0.3, -0.25) is 9.59 Å². The van der Waals surface area contributed by atoms with Gasteiger partial charge in [0.1, 0.15) is 0 Å². The number of hydrogen-bond donors (Lipinski definition) is 1. The molecule has 6 nitrogen and oxygen atoms in total. The molecule has 0 spiro atoms. The molecule has 382 valence electrons. The van der Waals surface area contributed by atoms with Crippen molar-refractivity contribution in [1.29, 1.82) is 0 Å². The Morgan fingerprint density at radius 1 is 0.438 bits per heavy atom. The summed E-state index contributed by atoms with van der Waals surface area (Å²) in [7, 11) is 4.04. The lowest BCUT2D eigenvalue weighted by Gasteiger charge is -2.28. The van der Waals surface area contributed by atoms with E-state index in [0.29, 0.717) is 44.6 Å². The minimum atomic E-state index is -5.80. The third-order valence-corrected chi connectivity index (χ3v) is 11.8. The lowest BCUT2D eigenvalue weighted by Crippen LogP contribution is -2.49. The van der Waals surface area contributed by atoms with Gasteiger partial charge in [-0.05, 0) is 85.0 Å². The van der Waals surface area contributed by atoms with Gasteiger partial charge in [-0.1, -0.05) is 155 Å². The molecule has 1 N–H and O–H groups in total. The topological polar surface area (TPSA) is 67.9 Å². The molecule has 16 heteroatoms. The average molecular weight is 945 g/mol. The third kappa shape index (κ3) is 30.4. The van der Waals surface area contributed by atoms with Crippen molar-refractivity contribution in [3.05, 3.63) is 0 Å². The summed E-state index contributed by atoms with van der Waals surface area (Å²) in [5.41, 5.74) is 0. The molecule has 64 heavy (non-hydrogen) atoms. The highest BCUT2D eigenvalue weighted by Crippen LogP contribution is 2.42. The predicted octanol–water partition coefficient (Wildman–Crippen LogP) is 15.6. The Hall–Kier alpha value is -1.84. The number of rotatable bonds is 43. The van der Waals surface area contributed by atoms with Crippen molar-refractivity contribution >= 4 is 11.9 Å². The zero-order chi connectivity index (χ0) is 48.3. The van der Waals surface area contributed by atoms with Crippen molar-refractivity contribution in [2.24, 2.45) is 0 Å². The van der Waals surface area contributed by atoms with Crippen LogP contribution in [0.25, 0.3) is 0 Å². The number of nitrogens with zero attached hydrogens (tertiary/aromatic N) is 1. The first-order valence-electron chi connectivity index (χ1n) is 24.9. The molecule has 2 unspecified atom stereocenters. The van der Waals surface area contributed by atoms with Crippen LogP contribution in [0.3, 0.4) is 0 Å². The van der Waals surface area contributed by atoms with Crippen LogP contribution in [-0.4, -0.2) is 86.5 Å². The number of nitrogens with one attached hydrogen (secondary N) is 1. The van der Waals surface area contributed by atoms with Gasteiger partial charge in [0.2, 0.25) is 0 Å². The van der Waals surface area contributed by atoms with Gasteiger partial charge in [-0.2, -0.15) is 43.9 Å². The highest BCUT2D eigenvalue weighted by atomic mass is 19.4. The summed E-state index contributed by atoms with van der Waals surface area (Å²) in [5.74, 6) is -12.3. The van der Waals surface area contributed by atoms with Crippen molar-refractivity contribution in [3.8, 4) is 0 Å². The highest BCUT2D eigenvalue weighted by Gasteiger charge is 2.64. The van der Waals surface area contributed by atoms with Gasteiger partial charge in [0.05, 0.1) is 0 Å². The number of esters is 2. The third-order valence-electron chi connectivity index (χ3n) is 11.8. The number of ether oxygens (including phenoxy) is 2. The van der Waals surface area contributed by atoms with E-state index in [4.69, 9.17) is 9.47 Å². The minimum absolute atomic E-state index is 0.127. The number of carbonyl (C=O) groups excluding carboxylic acids is 2. The fourth-order valence-electron chi connectivity index (χ4n) is 7.79. The fraction of sp³-hybridized carbons (Fsp3) is 0.958. The van der Waals surface area contributed by atoms with E-state index in [9.17, 15) is 53.5 Å². The molecule has 0 saturated heterocycles. The monoisotopic (exact) mass is 945 g/mol. The molecule has 0 bridgehead atoms. The van der Waals surface area contributed by atoms with E-state index >= 15 is 0 Å². The molecule has 0 radical (unpaired) electrons. The van der Waals surface area contributed by atoms with E-state index in [-0.39, 0.29) is 25.7 Å². The first-order valence-corrected chi connectivity index (χ1v) is 24.9. The van der Waals surface area contributed by atoms with Gasteiger partial charge in [0, 0.05) is 18.9 Å². The summed E-state index contributed by atoms with van der Waals surface area (Å²) >= 11 is 0. The van der Waals surface area contributed by atoms with E-state index in [2.05, 4.69) is 24.1 Å². The molecule has 0 saturated carbocycles. The van der Waals surface area contributed by atoms with Gasteiger partial charge >= 0.3 is 36.1 Å². The second-order valence-corrected chi connectivity index (χ2v) is 18.1. The maximum atomic E-state index is 14.2. The van der Waals surface area contributed by atoms with Crippen LogP contribution in [0.15, 0.2) is 0 Å². The molecule has 0 rings (SSSR count). The molecule has 2 atom stereocenters. The van der Waals surface area contributed by atoms with Gasteiger partial charge < -0.3 is 19.7 Å². The molecule has 0 amide bonds.